The van der Waals surface area contributed by atoms with E-state index in [1.807, 2.05) is 0 Å². The summed E-state index contributed by atoms with van der Waals surface area (Å²) < 4.78 is 0. The molecule has 0 aliphatic heterocycles. The predicted octanol–water partition coefficient (Wildman–Crippen LogP) is 5.49. The number of hydrogen-bond donors (Lipinski definition) is 1. The fourth-order valence-electron chi connectivity index (χ4n) is 1.74. The number of hydrogen-bond acceptors (Lipinski definition) is 3. The van der Waals surface area contributed by atoms with Crippen molar-refractivity contribution < 1.29 is 9.90 Å². The standard InChI is InChI=1S/C12H8ClNO2.C5H3Cl2N/c13-10-2-1-7-14-11(10)8-3-5-9(6-4-8)12(15)16;6-4-2-1-3-8-5(4)7/h1-7H,(H,15,16);1-3H. The van der Waals surface area contributed by atoms with E-state index in [-0.39, 0.29) is 5.56 Å². The van der Waals surface area contributed by atoms with E-state index in [2.05, 4.69) is 9.97 Å². The SMILES string of the molecule is Clc1cccnc1Cl.O=C(O)c1ccc(-c2ncccc2Cl)cc1. The van der Waals surface area contributed by atoms with Gasteiger partial charge >= 0.3 is 5.97 Å². The summed E-state index contributed by atoms with van der Waals surface area (Å²) in [5.41, 5.74) is 1.70. The van der Waals surface area contributed by atoms with Crippen molar-refractivity contribution in [3.63, 3.8) is 0 Å². The first-order valence-electron chi connectivity index (χ1n) is 6.69. The molecule has 1 N–H and O–H groups in total. The van der Waals surface area contributed by atoms with E-state index in [4.69, 9.17) is 39.9 Å². The lowest BCUT2D eigenvalue weighted by Gasteiger charge is -2.03. The minimum Gasteiger partial charge on any atom is -0.478 e. The number of carboxylic acid groups (broad SMARTS) is 1. The Morgan fingerprint density at radius 3 is 1.88 bits per heavy atom. The Kier molecular flexibility index (Phi) is 6.55. The largest absolute Gasteiger partial charge is 0.478 e. The molecule has 0 amide bonds. The zero-order chi connectivity index (χ0) is 17.5. The van der Waals surface area contributed by atoms with E-state index >= 15 is 0 Å². The van der Waals surface area contributed by atoms with Crippen LogP contribution in [0.15, 0.2) is 60.9 Å². The zero-order valence-electron chi connectivity index (χ0n) is 12.2. The Morgan fingerprint density at radius 1 is 0.833 bits per heavy atom. The summed E-state index contributed by atoms with van der Waals surface area (Å²) in [5.74, 6) is -0.946. The Hall–Kier alpha value is -2.14. The van der Waals surface area contributed by atoms with Crippen LogP contribution in [0.25, 0.3) is 11.3 Å². The highest BCUT2D eigenvalue weighted by atomic mass is 35.5. The van der Waals surface area contributed by atoms with Crippen LogP contribution in [0, 0.1) is 0 Å². The van der Waals surface area contributed by atoms with E-state index in [1.165, 1.54) is 12.1 Å². The monoisotopic (exact) mass is 380 g/mol. The van der Waals surface area contributed by atoms with Gasteiger partial charge in [0.1, 0.15) is 5.15 Å². The van der Waals surface area contributed by atoms with Gasteiger partial charge < -0.3 is 5.11 Å². The number of carboxylic acids is 1. The maximum Gasteiger partial charge on any atom is 0.335 e. The third kappa shape index (κ3) is 4.93. The van der Waals surface area contributed by atoms with Crippen molar-refractivity contribution in [1.29, 1.82) is 0 Å². The first-order valence-corrected chi connectivity index (χ1v) is 7.82. The molecule has 3 rings (SSSR count). The highest BCUT2D eigenvalue weighted by molar-refractivity contribution is 6.41. The van der Waals surface area contributed by atoms with Crippen LogP contribution >= 0.6 is 34.8 Å². The molecular formula is C17H11Cl3N2O2. The van der Waals surface area contributed by atoms with Crippen molar-refractivity contribution in [3.05, 3.63) is 81.7 Å². The van der Waals surface area contributed by atoms with Crippen LogP contribution in [0.3, 0.4) is 0 Å². The third-order valence-electron chi connectivity index (χ3n) is 2.88. The second kappa shape index (κ2) is 8.64. The smallest absolute Gasteiger partial charge is 0.335 e. The fraction of sp³-hybridized carbons (Fsp3) is 0. The number of aromatic carboxylic acids is 1. The Bertz CT molecular complexity index is 818. The number of pyridine rings is 2. The second-order valence-electron chi connectivity index (χ2n) is 4.49. The third-order valence-corrected chi connectivity index (χ3v) is 3.89. The van der Waals surface area contributed by atoms with Crippen LogP contribution < -0.4 is 0 Å². The van der Waals surface area contributed by atoms with Gasteiger partial charge in [0.05, 0.1) is 21.3 Å². The number of rotatable bonds is 2. The number of carbonyl (C=O) groups is 1. The molecule has 0 unspecified atom stereocenters. The van der Waals surface area contributed by atoms with Crippen LogP contribution in [-0.2, 0) is 0 Å². The molecule has 0 saturated carbocycles. The molecule has 24 heavy (non-hydrogen) atoms. The first-order chi connectivity index (χ1) is 11.5. The van der Waals surface area contributed by atoms with Crippen LogP contribution in [-0.4, -0.2) is 21.0 Å². The van der Waals surface area contributed by atoms with E-state index in [0.717, 1.165) is 5.56 Å². The number of nitrogens with zero attached hydrogens (tertiary/aromatic N) is 2. The lowest BCUT2D eigenvalue weighted by molar-refractivity contribution is 0.0697. The van der Waals surface area contributed by atoms with Crippen LogP contribution in [0.5, 0.6) is 0 Å². The summed E-state index contributed by atoms with van der Waals surface area (Å²) in [6.45, 7) is 0. The molecule has 0 aliphatic rings. The molecule has 0 fully saturated rings. The Labute approximate surface area is 153 Å². The van der Waals surface area contributed by atoms with Gasteiger partial charge in [0.15, 0.2) is 0 Å². The molecule has 2 aromatic heterocycles. The summed E-state index contributed by atoms with van der Waals surface area (Å²) in [4.78, 5) is 18.5. The van der Waals surface area contributed by atoms with Gasteiger partial charge in [0.25, 0.3) is 0 Å². The lowest BCUT2D eigenvalue weighted by Crippen LogP contribution is -1.95. The second-order valence-corrected chi connectivity index (χ2v) is 5.66. The summed E-state index contributed by atoms with van der Waals surface area (Å²) in [5, 5.41) is 10.2. The van der Waals surface area contributed by atoms with Crippen LogP contribution in [0.2, 0.25) is 15.2 Å². The van der Waals surface area contributed by atoms with Gasteiger partial charge in [-0.15, -0.1) is 0 Å². The van der Waals surface area contributed by atoms with Gasteiger partial charge in [-0.05, 0) is 36.4 Å². The number of halogens is 3. The molecule has 4 nitrogen and oxygen atoms in total. The van der Waals surface area contributed by atoms with E-state index < -0.39 is 5.97 Å². The molecule has 0 bridgehead atoms. The Balaban J connectivity index is 0.000000219. The van der Waals surface area contributed by atoms with E-state index in [1.54, 1.807) is 48.8 Å². The zero-order valence-corrected chi connectivity index (χ0v) is 14.4. The molecule has 3 aromatic rings. The van der Waals surface area contributed by atoms with Crippen molar-refractivity contribution in [2.75, 3.05) is 0 Å². The minimum atomic E-state index is -0.946. The highest BCUT2D eigenvalue weighted by Gasteiger charge is 2.06. The van der Waals surface area contributed by atoms with Gasteiger partial charge in [-0.1, -0.05) is 46.9 Å². The van der Waals surface area contributed by atoms with Crippen molar-refractivity contribution in [3.8, 4) is 11.3 Å². The molecule has 0 radical (unpaired) electrons. The maximum atomic E-state index is 10.7. The van der Waals surface area contributed by atoms with E-state index in [9.17, 15) is 4.79 Å². The fourth-order valence-corrected chi connectivity index (χ4v) is 2.21. The summed E-state index contributed by atoms with van der Waals surface area (Å²) in [6, 6.07) is 13.4. The molecule has 0 atom stereocenters. The highest BCUT2D eigenvalue weighted by Crippen LogP contribution is 2.25. The maximum absolute atomic E-state index is 10.7. The molecule has 0 spiro atoms. The van der Waals surface area contributed by atoms with Crippen LogP contribution in [0.1, 0.15) is 10.4 Å². The first kappa shape index (κ1) is 18.2. The lowest BCUT2D eigenvalue weighted by atomic mass is 10.1. The van der Waals surface area contributed by atoms with Gasteiger partial charge in [-0.3, -0.25) is 4.98 Å². The van der Waals surface area contributed by atoms with Crippen molar-refractivity contribution >= 4 is 40.8 Å². The molecule has 7 heteroatoms. The molecule has 122 valence electrons. The number of benzene rings is 1. The van der Waals surface area contributed by atoms with Crippen molar-refractivity contribution in [1.82, 2.24) is 9.97 Å². The van der Waals surface area contributed by atoms with Crippen molar-refractivity contribution in [2.45, 2.75) is 0 Å². The quantitative estimate of drug-likeness (QED) is 0.596. The normalized spacial score (nSPS) is 9.79. The van der Waals surface area contributed by atoms with E-state index in [0.29, 0.717) is 20.9 Å². The average molecular weight is 382 g/mol. The topological polar surface area (TPSA) is 63.1 Å². The molecule has 1 aromatic carbocycles. The molecule has 2 heterocycles. The summed E-state index contributed by atoms with van der Waals surface area (Å²) in [6.07, 6.45) is 3.24. The van der Waals surface area contributed by atoms with Gasteiger partial charge in [0.2, 0.25) is 0 Å². The van der Waals surface area contributed by atoms with Crippen LogP contribution in [0.4, 0.5) is 0 Å². The van der Waals surface area contributed by atoms with Crippen molar-refractivity contribution in [2.24, 2.45) is 0 Å². The molecule has 0 saturated heterocycles. The Morgan fingerprint density at radius 2 is 1.42 bits per heavy atom. The average Bonchev–Trinajstić information content (AvgIpc) is 2.59. The predicted molar refractivity (Wildman–Crippen MR) is 95.9 cm³/mol. The van der Waals surface area contributed by atoms with Gasteiger partial charge in [0, 0.05) is 18.0 Å². The molecule has 0 aliphatic carbocycles. The summed E-state index contributed by atoms with van der Waals surface area (Å²) >= 11 is 17.0. The van der Waals surface area contributed by atoms with Gasteiger partial charge in [-0.2, -0.15) is 0 Å². The van der Waals surface area contributed by atoms with Gasteiger partial charge in [-0.25, -0.2) is 9.78 Å². The number of aromatic nitrogens is 2. The summed E-state index contributed by atoms with van der Waals surface area (Å²) in [7, 11) is 0. The minimum absolute atomic E-state index is 0.246. The molecular weight excluding hydrogens is 371 g/mol.